The minimum Gasteiger partial charge on any atom is -0.371 e. The molecular weight excluding hydrogens is 231 g/mol. The molecule has 100 valence electrons. The van der Waals surface area contributed by atoms with Crippen LogP contribution in [0.2, 0.25) is 0 Å². The molecule has 0 aromatic carbocycles. The smallest absolute Gasteiger partial charge is 0.371 e. The summed E-state index contributed by atoms with van der Waals surface area (Å²) in [6.45, 7) is 0.253. The molecule has 2 nitrogen and oxygen atoms in total. The highest BCUT2D eigenvalue weighted by Gasteiger charge is 2.27. The lowest BCUT2D eigenvalue weighted by molar-refractivity contribution is -0.173. The second-order valence-corrected chi connectivity index (χ2v) is 4.28. The zero-order chi connectivity index (χ0) is 12.6. The van der Waals surface area contributed by atoms with E-state index in [4.69, 9.17) is 0 Å². The third-order valence-electron chi connectivity index (χ3n) is 2.70. The molecule has 0 amide bonds. The van der Waals surface area contributed by atoms with Gasteiger partial charge in [-0.15, -0.1) is 0 Å². The SMILES string of the molecule is FC(F)(F)COCCNCCC1=CCCCC1. The maximum Gasteiger partial charge on any atom is 0.411 e. The fourth-order valence-corrected chi connectivity index (χ4v) is 1.84. The summed E-state index contributed by atoms with van der Waals surface area (Å²) in [4.78, 5) is 0. The van der Waals surface area contributed by atoms with E-state index in [1.165, 1.54) is 31.3 Å². The average molecular weight is 251 g/mol. The zero-order valence-electron chi connectivity index (χ0n) is 9.98. The van der Waals surface area contributed by atoms with Gasteiger partial charge in [-0.2, -0.15) is 13.2 Å². The lowest BCUT2D eigenvalue weighted by Crippen LogP contribution is -2.24. The Bertz CT molecular complexity index is 238. The van der Waals surface area contributed by atoms with Crippen LogP contribution in [-0.2, 0) is 4.74 Å². The molecule has 0 radical (unpaired) electrons. The van der Waals surface area contributed by atoms with Crippen molar-refractivity contribution in [2.24, 2.45) is 0 Å². The first-order chi connectivity index (χ1) is 8.08. The van der Waals surface area contributed by atoms with Crippen molar-refractivity contribution in [3.8, 4) is 0 Å². The van der Waals surface area contributed by atoms with Crippen LogP contribution in [0.5, 0.6) is 0 Å². The number of hydrogen-bond donors (Lipinski definition) is 1. The van der Waals surface area contributed by atoms with Crippen molar-refractivity contribution < 1.29 is 17.9 Å². The number of halogens is 3. The molecule has 0 saturated heterocycles. The van der Waals surface area contributed by atoms with Crippen molar-refractivity contribution >= 4 is 0 Å². The van der Waals surface area contributed by atoms with Crippen molar-refractivity contribution in [2.45, 2.75) is 38.3 Å². The van der Waals surface area contributed by atoms with Gasteiger partial charge in [0.2, 0.25) is 0 Å². The van der Waals surface area contributed by atoms with Gasteiger partial charge in [0.15, 0.2) is 0 Å². The summed E-state index contributed by atoms with van der Waals surface area (Å²) in [6, 6.07) is 0. The molecule has 0 atom stereocenters. The van der Waals surface area contributed by atoms with Crippen LogP contribution in [0, 0.1) is 0 Å². The van der Waals surface area contributed by atoms with Crippen LogP contribution in [0.3, 0.4) is 0 Å². The fourth-order valence-electron chi connectivity index (χ4n) is 1.84. The summed E-state index contributed by atoms with van der Waals surface area (Å²) in [5.41, 5.74) is 1.47. The van der Waals surface area contributed by atoms with E-state index < -0.39 is 12.8 Å². The molecule has 0 aromatic heterocycles. The first-order valence-corrected chi connectivity index (χ1v) is 6.11. The van der Waals surface area contributed by atoms with E-state index in [1.807, 2.05) is 0 Å². The van der Waals surface area contributed by atoms with Crippen molar-refractivity contribution in [3.63, 3.8) is 0 Å². The van der Waals surface area contributed by atoms with E-state index in [2.05, 4.69) is 16.1 Å². The molecule has 1 N–H and O–H groups in total. The van der Waals surface area contributed by atoms with Gasteiger partial charge < -0.3 is 10.1 Å². The van der Waals surface area contributed by atoms with E-state index in [0.717, 1.165) is 13.0 Å². The molecular formula is C12H20F3NO. The Morgan fingerprint density at radius 2 is 2.06 bits per heavy atom. The molecule has 0 bridgehead atoms. The lowest BCUT2D eigenvalue weighted by Gasteiger charge is -2.13. The lowest BCUT2D eigenvalue weighted by atomic mass is 9.97. The topological polar surface area (TPSA) is 21.3 Å². The molecule has 0 spiro atoms. The number of alkyl halides is 3. The Labute approximate surface area is 100 Å². The summed E-state index contributed by atoms with van der Waals surface area (Å²) in [6.07, 6.45) is 3.95. The van der Waals surface area contributed by atoms with E-state index in [0.29, 0.717) is 6.54 Å². The summed E-state index contributed by atoms with van der Waals surface area (Å²) < 4.78 is 39.7. The van der Waals surface area contributed by atoms with Crippen LogP contribution in [0.1, 0.15) is 32.1 Å². The maximum absolute atomic E-state index is 11.7. The molecule has 0 unspecified atom stereocenters. The first kappa shape index (κ1) is 14.5. The Balaban J connectivity index is 1.89. The number of hydrogen-bond acceptors (Lipinski definition) is 2. The van der Waals surface area contributed by atoms with E-state index >= 15 is 0 Å². The predicted octanol–water partition coefficient (Wildman–Crippen LogP) is 3.05. The molecule has 1 rings (SSSR count). The van der Waals surface area contributed by atoms with Crippen LogP contribution in [-0.4, -0.2) is 32.5 Å². The Morgan fingerprint density at radius 1 is 1.24 bits per heavy atom. The minimum absolute atomic E-state index is 0.110. The standard InChI is InChI=1S/C12H20F3NO/c13-12(14,15)10-17-9-8-16-7-6-11-4-2-1-3-5-11/h4,16H,1-3,5-10H2. The summed E-state index contributed by atoms with van der Waals surface area (Å²) >= 11 is 0. The van der Waals surface area contributed by atoms with E-state index in [9.17, 15) is 13.2 Å². The first-order valence-electron chi connectivity index (χ1n) is 6.11. The quantitative estimate of drug-likeness (QED) is 0.554. The predicted molar refractivity (Wildman–Crippen MR) is 60.9 cm³/mol. The second kappa shape index (κ2) is 7.71. The molecule has 0 saturated carbocycles. The normalized spacial score (nSPS) is 17.0. The number of ether oxygens (including phenoxy) is 1. The fraction of sp³-hybridized carbons (Fsp3) is 0.833. The summed E-state index contributed by atoms with van der Waals surface area (Å²) in [5.74, 6) is 0. The summed E-state index contributed by atoms with van der Waals surface area (Å²) in [5, 5.41) is 3.09. The largest absolute Gasteiger partial charge is 0.411 e. The molecule has 17 heavy (non-hydrogen) atoms. The average Bonchev–Trinajstić information content (AvgIpc) is 2.28. The van der Waals surface area contributed by atoms with Crippen LogP contribution in [0.15, 0.2) is 11.6 Å². The van der Waals surface area contributed by atoms with Gasteiger partial charge in [-0.25, -0.2) is 0 Å². The zero-order valence-corrected chi connectivity index (χ0v) is 9.98. The summed E-state index contributed by atoms with van der Waals surface area (Å²) in [7, 11) is 0. The van der Waals surface area contributed by atoms with Crippen molar-refractivity contribution in [1.82, 2.24) is 5.32 Å². The third kappa shape index (κ3) is 8.21. The molecule has 5 heteroatoms. The molecule has 0 aliphatic heterocycles. The molecule has 0 aromatic rings. The van der Waals surface area contributed by atoms with Crippen LogP contribution >= 0.6 is 0 Å². The second-order valence-electron chi connectivity index (χ2n) is 4.28. The van der Waals surface area contributed by atoms with Crippen LogP contribution in [0.25, 0.3) is 0 Å². The van der Waals surface area contributed by atoms with Gasteiger partial charge in [0.05, 0.1) is 6.61 Å². The Morgan fingerprint density at radius 3 is 2.71 bits per heavy atom. The van der Waals surface area contributed by atoms with Gasteiger partial charge in [-0.1, -0.05) is 11.6 Å². The van der Waals surface area contributed by atoms with Crippen LogP contribution in [0.4, 0.5) is 13.2 Å². The number of allylic oxidation sites excluding steroid dienone is 1. The highest BCUT2D eigenvalue weighted by atomic mass is 19.4. The van der Waals surface area contributed by atoms with E-state index in [1.54, 1.807) is 0 Å². The van der Waals surface area contributed by atoms with Gasteiger partial charge in [-0.3, -0.25) is 0 Å². The van der Waals surface area contributed by atoms with Gasteiger partial charge in [0.25, 0.3) is 0 Å². The van der Waals surface area contributed by atoms with Crippen LogP contribution < -0.4 is 5.32 Å². The van der Waals surface area contributed by atoms with E-state index in [-0.39, 0.29) is 6.61 Å². The van der Waals surface area contributed by atoms with Gasteiger partial charge >= 0.3 is 6.18 Å². The number of rotatable bonds is 7. The van der Waals surface area contributed by atoms with Crippen molar-refractivity contribution in [1.29, 1.82) is 0 Å². The molecule has 1 aliphatic carbocycles. The maximum atomic E-state index is 11.7. The van der Waals surface area contributed by atoms with Gasteiger partial charge in [-0.05, 0) is 38.6 Å². The van der Waals surface area contributed by atoms with Crippen molar-refractivity contribution in [2.75, 3.05) is 26.3 Å². The minimum atomic E-state index is -4.22. The van der Waals surface area contributed by atoms with Crippen molar-refractivity contribution in [3.05, 3.63) is 11.6 Å². The van der Waals surface area contributed by atoms with Gasteiger partial charge in [0.1, 0.15) is 6.61 Å². The molecule has 1 aliphatic rings. The Hall–Kier alpha value is -0.550. The monoisotopic (exact) mass is 251 g/mol. The molecule has 0 heterocycles. The third-order valence-corrected chi connectivity index (χ3v) is 2.70. The number of nitrogens with one attached hydrogen (secondary N) is 1. The Kier molecular flexibility index (Phi) is 6.58. The molecule has 0 fully saturated rings. The van der Waals surface area contributed by atoms with Gasteiger partial charge in [0, 0.05) is 6.54 Å². The highest BCUT2D eigenvalue weighted by molar-refractivity contribution is 5.05. The highest BCUT2D eigenvalue weighted by Crippen LogP contribution is 2.19.